The van der Waals surface area contributed by atoms with Gasteiger partial charge in [-0.2, -0.15) is 0 Å². The fraction of sp³-hybridized carbons (Fsp3) is 0.200. The minimum atomic E-state index is 0.846. The van der Waals surface area contributed by atoms with Crippen LogP contribution in [0.15, 0.2) is 30.3 Å². The summed E-state index contributed by atoms with van der Waals surface area (Å²) in [5.74, 6) is 0.846. The molecule has 0 unspecified atom stereocenters. The summed E-state index contributed by atoms with van der Waals surface area (Å²) in [6.07, 6.45) is 0. The first-order valence-electron chi connectivity index (χ1n) is 4.16. The molecule has 12 heavy (non-hydrogen) atoms. The van der Waals surface area contributed by atoms with Crippen molar-refractivity contribution >= 4 is 16.7 Å². The number of nitrogen functional groups attached to an aromatic ring is 1. The number of fused-ring (bicyclic) bond motifs is 1. The molecule has 2 N–H and O–H groups in total. The number of rotatable bonds is 1. The van der Waals surface area contributed by atoms with Crippen molar-refractivity contribution in [1.29, 1.82) is 0 Å². The number of anilines is 1. The van der Waals surface area contributed by atoms with Crippen molar-refractivity contribution in [1.82, 2.24) is 4.57 Å². The normalized spacial score (nSPS) is 10.8. The van der Waals surface area contributed by atoms with Crippen molar-refractivity contribution in [2.24, 2.45) is 0 Å². The molecule has 0 aliphatic heterocycles. The van der Waals surface area contributed by atoms with E-state index in [9.17, 15) is 0 Å². The Morgan fingerprint density at radius 2 is 2.08 bits per heavy atom. The lowest BCUT2D eigenvalue weighted by Crippen LogP contribution is -1.98. The van der Waals surface area contributed by atoms with E-state index in [2.05, 4.69) is 23.6 Å². The predicted molar refractivity (Wildman–Crippen MR) is 52.0 cm³/mol. The molecule has 2 heteroatoms. The lowest BCUT2D eigenvalue weighted by molar-refractivity contribution is 0.808. The molecular formula is C10H12N2. The van der Waals surface area contributed by atoms with Crippen molar-refractivity contribution in [3.8, 4) is 0 Å². The van der Waals surface area contributed by atoms with Crippen molar-refractivity contribution in [3.05, 3.63) is 30.3 Å². The van der Waals surface area contributed by atoms with E-state index in [1.54, 1.807) is 0 Å². The molecule has 0 saturated carbocycles. The summed E-state index contributed by atoms with van der Waals surface area (Å²) in [6.45, 7) is 3.03. The number of para-hydroxylation sites is 1. The Bertz CT molecular complexity index is 401. The molecule has 0 saturated heterocycles. The van der Waals surface area contributed by atoms with Gasteiger partial charge in [0.05, 0.1) is 0 Å². The molecule has 0 spiro atoms. The quantitative estimate of drug-likeness (QED) is 0.681. The lowest BCUT2D eigenvalue weighted by Gasteiger charge is -2.01. The van der Waals surface area contributed by atoms with Crippen LogP contribution in [-0.4, -0.2) is 4.57 Å². The highest BCUT2D eigenvalue weighted by atomic mass is 15.0. The third-order valence-corrected chi connectivity index (χ3v) is 2.16. The van der Waals surface area contributed by atoms with Gasteiger partial charge in [0.15, 0.2) is 0 Å². The molecule has 2 aromatic rings. The number of hydrogen-bond acceptors (Lipinski definition) is 1. The van der Waals surface area contributed by atoms with Crippen molar-refractivity contribution in [3.63, 3.8) is 0 Å². The maximum atomic E-state index is 5.83. The summed E-state index contributed by atoms with van der Waals surface area (Å²) >= 11 is 0. The van der Waals surface area contributed by atoms with Gasteiger partial charge in [0, 0.05) is 17.4 Å². The van der Waals surface area contributed by atoms with Crippen LogP contribution in [0.1, 0.15) is 6.92 Å². The molecule has 0 aliphatic rings. The molecule has 0 amide bonds. The maximum Gasteiger partial charge on any atom is 0.104 e. The monoisotopic (exact) mass is 160 g/mol. The van der Waals surface area contributed by atoms with E-state index in [-0.39, 0.29) is 0 Å². The second-order valence-corrected chi connectivity index (χ2v) is 2.87. The van der Waals surface area contributed by atoms with Crippen LogP contribution in [0.5, 0.6) is 0 Å². The van der Waals surface area contributed by atoms with Crippen LogP contribution < -0.4 is 5.73 Å². The fourth-order valence-corrected chi connectivity index (χ4v) is 1.58. The molecule has 2 rings (SSSR count). The molecule has 0 fully saturated rings. The summed E-state index contributed by atoms with van der Waals surface area (Å²) in [4.78, 5) is 0. The second-order valence-electron chi connectivity index (χ2n) is 2.87. The number of hydrogen-bond donors (Lipinski definition) is 1. The molecule has 1 aromatic heterocycles. The average Bonchev–Trinajstić information content (AvgIpc) is 2.40. The van der Waals surface area contributed by atoms with Crippen LogP contribution in [-0.2, 0) is 6.54 Å². The van der Waals surface area contributed by atoms with Gasteiger partial charge >= 0.3 is 0 Å². The van der Waals surface area contributed by atoms with E-state index in [1.165, 1.54) is 10.9 Å². The fourth-order valence-electron chi connectivity index (χ4n) is 1.58. The number of nitrogens with two attached hydrogens (primary N) is 1. The van der Waals surface area contributed by atoms with Crippen LogP contribution >= 0.6 is 0 Å². The van der Waals surface area contributed by atoms with E-state index >= 15 is 0 Å². The van der Waals surface area contributed by atoms with Crippen molar-refractivity contribution in [2.45, 2.75) is 13.5 Å². The van der Waals surface area contributed by atoms with Gasteiger partial charge in [-0.1, -0.05) is 18.2 Å². The largest absolute Gasteiger partial charge is 0.385 e. The zero-order valence-electron chi connectivity index (χ0n) is 7.12. The molecular weight excluding hydrogens is 148 g/mol. The summed E-state index contributed by atoms with van der Waals surface area (Å²) < 4.78 is 2.11. The SMILES string of the molecule is CCn1c(N)cc2ccccc21. The van der Waals surface area contributed by atoms with Gasteiger partial charge < -0.3 is 10.3 Å². The van der Waals surface area contributed by atoms with E-state index in [4.69, 9.17) is 5.73 Å². The number of nitrogens with zero attached hydrogens (tertiary/aromatic N) is 1. The minimum absolute atomic E-state index is 0.846. The third kappa shape index (κ3) is 0.881. The Labute approximate surface area is 71.6 Å². The van der Waals surface area contributed by atoms with Gasteiger partial charge in [-0.05, 0) is 19.1 Å². The summed E-state index contributed by atoms with van der Waals surface area (Å²) in [5.41, 5.74) is 7.05. The number of aryl methyl sites for hydroxylation is 1. The third-order valence-electron chi connectivity index (χ3n) is 2.16. The van der Waals surface area contributed by atoms with Crippen LogP contribution in [0, 0.1) is 0 Å². The zero-order chi connectivity index (χ0) is 8.55. The van der Waals surface area contributed by atoms with Gasteiger partial charge in [-0.3, -0.25) is 0 Å². The smallest absolute Gasteiger partial charge is 0.104 e. The molecule has 0 atom stereocenters. The topological polar surface area (TPSA) is 30.9 Å². The minimum Gasteiger partial charge on any atom is -0.385 e. The predicted octanol–water partition coefficient (Wildman–Crippen LogP) is 2.24. The van der Waals surface area contributed by atoms with Crippen LogP contribution in [0.2, 0.25) is 0 Å². The molecule has 1 aromatic carbocycles. The van der Waals surface area contributed by atoms with Crippen LogP contribution in [0.3, 0.4) is 0 Å². The molecule has 0 radical (unpaired) electrons. The van der Waals surface area contributed by atoms with E-state index in [0.717, 1.165) is 12.4 Å². The van der Waals surface area contributed by atoms with Crippen molar-refractivity contribution < 1.29 is 0 Å². The Hall–Kier alpha value is -1.44. The van der Waals surface area contributed by atoms with Gasteiger partial charge in [0.25, 0.3) is 0 Å². The van der Waals surface area contributed by atoms with Gasteiger partial charge in [0.1, 0.15) is 5.82 Å². The standard InChI is InChI=1S/C10H12N2/c1-2-12-9-6-4-3-5-8(9)7-10(12)11/h3-7H,2,11H2,1H3. The highest BCUT2D eigenvalue weighted by molar-refractivity contribution is 5.84. The van der Waals surface area contributed by atoms with Crippen molar-refractivity contribution in [2.75, 3.05) is 5.73 Å². The Morgan fingerprint density at radius 3 is 2.83 bits per heavy atom. The molecule has 2 nitrogen and oxygen atoms in total. The van der Waals surface area contributed by atoms with E-state index in [1.807, 2.05) is 18.2 Å². The highest BCUT2D eigenvalue weighted by Gasteiger charge is 2.01. The summed E-state index contributed by atoms with van der Waals surface area (Å²) in [7, 11) is 0. The van der Waals surface area contributed by atoms with Gasteiger partial charge in [0.2, 0.25) is 0 Å². The summed E-state index contributed by atoms with van der Waals surface area (Å²) in [6, 6.07) is 10.3. The van der Waals surface area contributed by atoms with Gasteiger partial charge in [-0.25, -0.2) is 0 Å². The zero-order valence-corrected chi connectivity index (χ0v) is 7.12. The first-order valence-corrected chi connectivity index (χ1v) is 4.16. The Morgan fingerprint density at radius 1 is 1.33 bits per heavy atom. The highest BCUT2D eigenvalue weighted by Crippen LogP contribution is 2.20. The Kier molecular flexibility index (Phi) is 1.54. The number of aromatic nitrogens is 1. The Balaban J connectivity index is 2.81. The molecule has 0 bridgehead atoms. The van der Waals surface area contributed by atoms with Crippen LogP contribution in [0.25, 0.3) is 10.9 Å². The molecule has 1 heterocycles. The first-order chi connectivity index (χ1) is 5.83. The van der Waals surface area contributed by atoms with Crippen LogP contribution in [0.4, 0.5) is 5.82 Å². The number of benzene rings is 1. The molecule has 0 aliphatic carbocycles. The summed E-state index contributed by atoms with van der Waals surface area (Å²) in [5, 5.41) is 1.22. The molecule has 62 valence electrons. The lowest BCUT2D eigenvalue weighted by atomic mass is 10.2. The average molecular weight is 160 g/mol. The second kappa shape index (κ2) is 2.55. The van der Waals surface area contributed by atoms with E-state index in [0.29, 0.717) is 0 Å². The van der Waals surface area contributed by atoms with Gasteiger partial charge in [-0.15, -0.1) is 0 Å². The van der Waals surface area contributed by atoms with E-state index < -0.39 is 0 Å². The first kappa shape index (κ1) is 7.22. The maximum absolute atomic E-state index is 5.83.